The molecule has 0 bridgehead atoms. The monoisotopic (exact) mass is 331 g/mol. The van der Waals surface area contributed by atoms with Gasteiger partial charge in [0.25, 0.3) is 5.91 Å². The summed E-state index contributed by atoms with van der Waals surface area (Å²) >= 11 is 1.93. The van der Waals surface area contributed by atoms with E-state index < -0.39 is 5.91 Å². The van der Waals surface area contributed by atoms with E-state index in [-0.39, 0.29) is 11.6 Å². The molecule has 0 radical (unpaired) electrons. The van der Waals surface area contributed by atoms with Crippen LogP contribution in [0.15, 0.2) is 40.9 Å². The number of allylic oxidation sites excluding steroid dienone is 1. The molecule has 4 nitrogen and oxygen atoms in total. The third-order valence-corrected chi connectivity index (χ3v) is 5.97. The van der Waals surface area contributed by atoms with Crippen molar-refractivity contribution in [2.45, 2.75) is 6.04 Å². The first kappa shape index (κ1) is 14.0. The molecule has 1 saturated heterocycles. The van der Waals surface area contributed by atoms with Crippen molar-refractivity contribution in [3.63, 3.8) is 0 Å². The van der Waals surface area contributed by atoms with Crippen LogP contribution in [0.1, 0.15) is 22.7 Å². The molecule has 5 rings (SSSR count). The van der Waals surface area contributed by atoms with Crippen molar-refractivity contribution < 1.29 is 4.79 Å². The summed E-state index contributed by atoms with van der Waals surface area (Å²) in [5.74, 6) is 1.70. The predicted octanol–water partition coefficient (Wildman–Crippen LogP) is 2.84. The molecule has 5 heteroatoms. The molecule has 1 atom stereocenters. The zero-order valence-electron chi connectivity index (χ0n) is 12.8. The Hall–Kier alpha value is -2.42. The number of hydrogen-bond donors (Lipinski definition) is 1. The van der Waals surface area contributed by atoms with Gasteiger partial charge in [0.1, 0.15) is 11.6 Å². The maximum atomic E-state index is 12.1. The molecule has 0 aromatic heterocycles. The molecule has 1 fully saturated rings. The fourth-order valence-corrected chi connectivity index (χ4v) is 4.86. The number of amides is 1. The number of nitriles is 1. The van der Waals surface area contributed by atoms with Crippen molar-refractivity contribution in [2.75, 3.05) is 18.1 Å². The van der Waals surface area contributed by atoms with Crippen LogP contribution in [0.25, 0.3) is 16.3 Å². The van der Waals surface area contributed by atoms with Gasteiger partial charge in [-0.2, -0.15) is 17.0 Å². The van der Waals surface area contributed by atoms with Crippen LogP contribution < -0.4 is 5.32 Å². The Balaban J connectivity index is 1.87. The van der Waals surface area contributed by atoms with Gasteiger partial charge in [-0.25, -0.2) is 4.99 Å². The van der Waals surface area contributed by atoms with Gasteiger partial charge in [-0.15, -0.1) is 0 Å². The molecule has 116 valence electrons. The van der Waals surface area contributed by atoms with E-state index in [1.165, 1.54) is 5.56 Å². The first-order valence-electron chi connectivity index (χ1n) is 7.95. The van der Waals surface area contributed by atoms with E-state index in [1.54, 1.807) is 0 Å². The van der Waals surface area contributed by atoms with E-state index in [1.807, 2.05) is 23.9 Å². The Morgan fingerprint density at radius 1 is 1.29 bits per heavy atom. The van der Waals surface area contributed by atoms with Gasteiger partial charge in [-0.05, 0) is 21.9 Å². The fourth-order valence-electron chi connectivity index (χ4n) is 3.90. The molecule has 2 aliphatic heterocycles. The molecule has 1 unspecified atom stereocenters. The second kappa shape index (κ2) is 5.04. The molecule has 2 heterocycles. The third-order valence-electron chi connectivity index (χ3n) is 4.91. The second-order valence-corrected chi connectivity index (χ2v) is 7.29. The molecule has 1 N–H and O–H groups in total. The topological polar surface area (TPSA) is 65.2 Å². The summed E-state index contributed by atoms with van der Waals surface area (Å²) in [4.78, 5) is 16.3. The van der Waals surface area contributed by atoms with Crippen LogP contribution in [-0.4, -0.2) is 29.7 Å². The molecular weight excluding hydrogens is 318 g/mol. The minimum atomic E-state index is -0.411. The number of hydrogen-bond acceptors (Lipinski definition) is 4. The van der Waals surface area contributed by atoms with Gasteiger partial charge in [0.2, 0.25) is 0 Å². The van der Waals surface area contributed by atoms with Crippen LogP contribution in [0, 0.1) is 11.3 Å². The van der Waals surface area contributed by atoms with E-state index in [0.717, 1.165) is 45.5 Å². The first-order valence-corrected chi connectivity index (χ1v) is 9.10. The summed E-state index contributed by atoms with van der Waals surface area (Å²) in [6, 6.07) is 12.6. The Labute approximate surface area is 143 Å². The molecule has 3 aliphatic rings. The molecule has 1 amide bonds. The van der Waals surface area contributed by atoms with Crippen LogP contribution >= 0.6 is 11.8 Å². The zero-order chi connectivity index (χ0) is 16.3. The average molecular weight is 331 g/mol. The summed E-state index contributed by atoms with van der Waals surface area (Å²) in [7, 11) is 0. The Morgan fingerprint density at radius 3 is 3.00 bits per heavy atom. The zero-order valence-corrected chi connectivity index (χ0v) is 13.6. The maximum Gasteiger partial charge on any atom is 0.288 e. The summed E-state index contributed by atoms with van der Waals surface area (Å²) in [5, 5.41) is 15.3. The SMILES string of the molecule is N#CC1=C2C(=NC1=O)c1cccc3ccc(C4CSCCN4)c2c13. The third kappa shape index (κ3) is 1.73. The van der Waals surface area contributed by atoms with Gasteiger partial charge in [-0.3, -0.25) is 4.79 Å². The number of benzene rings is 2. The highest BCUT2D eigenvalue weighted by molar-refractivity contribution is 7.99. The van der Waals surface area contributed by atoms with Crippen LogP contribution in [0.5, 0.6) is 0 Å². The molecule has 24 heavy (non-hydrogen) atoms. The summed E-state index contributed by atoms with van der Waals surface area (Å²) in [5.41, 5.74) is 4.77. The average Bonchev–Trinajstić information content (AvgIpc) is 3.12. The van der Waals surface area contributed by atoms with Crippen molar-refractivity contribution in [3.05, 3.63) is 52.6 Å². The smallest absolute Gasteiger partial charge is 0.288 e. The number of aliphatic imine (C=N–C) groups is 1. The van der Waals surface area contributed by atoms with Gasteiger partial charge < -0.3 is 5.32 Å². The molecule has 0 saturated carbocycles. The number of carbonyl (C=O) groups excluding carboxylic acids is 1. The lowest BCUT2D eigenvalue weighted by atomic mass is 9.92. The molecular formula is C19H13N3OS. The number of carbonyl (C=O) groups is 1. The normalized spacial score (nSPS) is 21.9. The van der Waals surface area contributed by atoms with Crippen molar-refractivity contribution in [3.8, 4) is 6.07 Å². The quantitative estimate of drug-likeness (QED) is 0.873. The lowest BCUT2D eigenvalue weighted by molar-refractivity contribution is -0.113. The van der Waals surface area contributed by atoms with E-state index in [2.05, 4.69) is 34.6 Å². The number of rotatable bonds is 1. The lowest BCUT2D eigenvalue weighted by Crippen LogP contribution is -2.30. The summed E-state index contributed by atoms with van der Waals surface area (Å²) in [6.45, 7) is 0.971. The van der Waals surface area contributed by atoms with E-state index in [9.17, 15) is 10.1 Å². The highest BCUT2D eigenvalue weighted by Gasteiger charge is 2.38. The summed E-state index contributed by atoms with van der Waals surface area (Å²) < 4.78 is 0. The van der Waals surface area contributed by atoms with Gasteiger partial charge in [0.05, 0.1) is 5.71 Å². The largest absolute Gasteiger partial charge is 0.308 e. The minimum absolute atomic E-state index is 0.179. The molecule has 2 aromatic carbocycles. The van der Waals surface area contributed by atoms with Gasteiger partial charge in [-0.1, -0.05) is 30.3 Å². The fraction of sp³-hybridized carbons (Fsp3) is 0.211. The standard InChI is InChI=1S/C19H13N3OS/c20-8-13-17-16-11(14-9-24-7-6-21-14)5-4-10-2-1-3-12(15(10)16)18(17)22-19(13)23/h1-5,14,21H,6-7,9H2. The molecule has 0 spiro atoms. The van der Waals surface area contributed by atoms with Crippen LogP contribution in [0.3, 0.4) is 0 Å². The van der Waals surface area contributed by atoms with Crippen LogP contribution in [-0.2, 0) is 4.79 Å². The van der Waals surface area contributed by atoms with Gasteiger partial charge in [0, 0.05) is 35.2 Å². The van der Waals surface area contributed by atoms with E-state index in [0.29, 0.717) is 5.71 Å². The second-order valence-electron chi connectivity index (χ2n) is 6.14. The highest BCUT2D eigenvalue weighted by Crippen LogP contribution is 2.46. The molecule has 1 aliphatic carbocycles. The maximum absolute atomic E-state index is 12.1. The number of nitrogens with one attached hydrogen (secondary N) is 1. The number of thioether (sulfide) groups is 1. The highest BCUT2D eigenvalue weighted by atomic mass is 32.2. The Kier molecular flexibility index (Phi) is 2.93. The van der Waals surface area contributed by atoms with Crippen molar-refractivity contribution in [1.82, 2.24) is 5.32 Å². The number of nitrogens with zero attached hydrogens (tertiary/aromatic N) is 2. The first-order chi connectivity index (χ1) is 11.8. The van der Waals surface area contributed by atoms with Crippen molar-refractivity contribution >= 4 is 39.7 Å². The van der Waals surface area contributed by atoms with Gasteiger partial charge in [0.15, 0.2) is 0 Å². The lowest BCUT2D eigenvalue weighted by Gasteiger charge is -2.25. The van der Waals surface area contributed by atoms with E-state index in [4.69, 9.17) is 0 Å². The number of fused-ring (bicyclic) bond motifs is 3. The Bertz CT molecular complexity index is 1020. The van der Waals surface area contributed by atoms with Crippen molar-refractivity contribution in [2.24, 2.45) is 4.99 Å². The van der Waals surface area contributed by atoms with Crippen molar-refractivity contribution in [1.29, 1.82) is 5.26 Å². The Morgan fingerprint density at radius 2 is 2.21 bits per heavy atom. The van der Waals surface area contributed by atoms with Gasteiger partial charge >= 0.3 is 0 Å². The van der Waals surface area contributed by atoms with E-state index >= 15 is 0 Å². The summed E-state index contributed by atoms with van der Waals surface area (Å²) in [6.07, 6.45) is 0. The van der Waals surface area contributed by atoms with Crippen LogP contribution in [0.2, 0.25) is 0 Å². The minimum Gasteiger partial charge on any atom is -0.308 e. The molecule has 2 aromatic rings. The van der Waals surface area contributed by atoms with Crippen LogP contribution in [0.4, 0.5) is 0 Å². The predicted molar refractivity (Wildman–Crippen MR) is 96.1 cm³/mol.